The minimum absolute atomic E-state index is 0.105. The van der Waals surface area contributed by atoms with Gasteiger partial charge in [0, 0.05) is 29.0 Å². The van der Waals surface area contributed by atoms with Gasteiger partial charge >= 0.3 is 6.18 Å². The van der Waals surface area contributed by atoms with E-state index in [1.807, 2.05) is 0 Å². The summed E-state index contributed by atoms with van der Waals surface area (Å²) in [6.45, 7) is 0.491. The number of methoxy groups -OCH3 is 1. The van der Waals surface area contributed by atoms with Gasteiger partial charge in [-0.3, -0.25) is 9.59 Å². The van der Waals surface area contributed by atoms with Gasteiger partial charge in [-0.25, -0.2) is 0 Å². The molecule has 4 rings (SSSR count). The minimum Gasteiger partial charge on any atom is -0.497 e. The van der Waals surface area contributed by atoms with Crippen molar-refractivity contribution in [1.82, 2.24) is 0 Å². The molecule has 1 heterocycles. The highest BCUT2D eigenvalue weighted by molar-refractivity contribution is 6.08. The Bertz CT molecular complexity index is 1170. The monoisotopic (exact) mass is 440 g/mol. The van der Waals surface area contributed by atoms with Gasteiger partial charge in [0.2, 0.25) is 0 Å². The lowest BCUT2D eigenvalue weighted by Crippen LogP contribution is -2.28. The summed E-state index contributed by atoms with van der Waals surface area (Å²) in [5.41, 5.74) is 1.50. The summed E-state index contributed by atoms with van der Waals surface area (Å²) in [6.07, 6.45) is -3.87. The van der Waals surface area contributed by atoms with Crippen LogP contribution in [-0.4, -0.2) is 25.5 Å². The lowest BCUT2D eigenvalue weighted by atomic mass is 10.1. The number of hydrogen-bond donors (Lipinski definition) is 1. The van der Waals surface area contributed by atoms with E-state index in [1.54, 1.807) is 54.5 Å². The summed E-state index contributed by atoms with van der Waals surface area (Å²) < 4.78 is 43.9. The molecule has 1 aliphatic heterocycles. The molecule has 1 aliphatic rings. The summed E-state index contributed by atoms with van der Waals surface area (Å²) in [7, 11) is 1.54. The molecule has 1 N–H and O–H groups in total. The zero-order valence-corrected chi connectivity index (χ0v) is 17.1. The lowest BCUT2D eigenvalue weighted by Gasteiger charge is -2.18. The van der Waals surface area contributed by atoms with Gasteiger partial charge in [0.25, 0.3) is 11.8 Å². The number of carbonyl (C=O) groups is 2. The van der Waals surface area contributed by atoms with Crippen molar-refractivity contribution in [2.45, 2.75) is 12.6 Å². The third-order valence-electron chi connectivity index (χ3n) is 5.27. The van der Waals surface area contributed by atoms with Crippen molar-refractivity contribution in [2.24, 2.45) is 0 Å². The van der Waals surface area contributed by atoms with Crippen LogP contribution >= 0.6 is 0 Å². The molecule has 32 heavy (non-hydrogen) atoms. The van der Waals surface area contributed by atoms with E-state index in [9.17, 15) is 22.8 Å². The maximum absolute atomic E-state index is 13.0. The van der Waals surface area contributed by atoms with Crippen LogP contribution in [0.2, 0.25) is 0 Å². The molecule has 0 unspecified atom stereocenters. The number of alkyl halides is 3. The molecule has 164 valence electrons. The number of amides is 2. The number of halogens is 3. The fourth-order valence-electron chi connectivity index (χ4n) is 3.60. The highest BCUT2D eigenvalue weighted by Crippen LogP contribution is 2.33. The van der Waals surface area contributed by atoms with Crippen molar-refractivity contribution in [2.75, 3.05) is 23.9 Å². The second kappa shape index (κ2) is 8.37. The number of carbonyl (C=O) groups excluding carboxylic acids is 2. The van der Waals surface area contributed by atoms with Gasteiger partial charge in [-0.15, -0.1) is 0 Å². The molecule has 5 nitrogen and oxygen atoms in total. The summed E-state index contributed by atoms with van der Waals surface area (Å²) in [6, 6.07) is 16.1. The Labute approximate surface area is 182 Å². The first kappa shape index (κ1) is 21.4. The molecule has 0 saturated heterocycles. The Morgan fingerprint density at radius 2 is 1.72 bits per heavy atom. The van der Waals surface area contributed by atoms with E-state index in [1.165, 1.54) is 12.1 Å². The Hall–Kier alpha value is -3.81. The normalized spacial score (nSPS) is 12.9. The highest BCUT2D eigenvalue weighted by Gasteiger charge is 2.31. The van der Waals surface area contributed by atoms with E-state index in [0.29, 0.717) is 35.7 Å². The molecule has 0 aromatic heterocycles. The Kier molecular flexibility index (Phi) is 5.61. The summed E-state index contributed by atoms with van der Waals surface area (Å²) in [5.74, 6) is -0.210. The van der Waals surface area contributed by atoms with E-state index in [0.717, 1.165) is 17.7 Å². The van der Waals surface area contributed by atoms with Gasteiger partial charge in [-0.05, 0) is 66.6 Å². The van der Waals surface area contributed by atoms with Crippen LogP contribution in [0.15, 0.2) is 66.7 Å². The van der Waals surface area contributed by atoms with E-state index in [-0.39, 0.29) is 11.5 Å². The molecule has 0 fully saturated rings. The van der Waals surface area contributed by atoms with Crippen LogP contribution in [0.3, 0.4) is 0 Å². The van der Waals surface area contributed by atoms with Gasteiger partial charge in [0.15, 0.2) is 0 Å². The van der Waals surface area contributed by atoms with Gasteiger partial charge in [0.1, 0.15) is 5.75 Å². The Morgan fingerprint density at radius 1 is 0.969 bits per heavy atom. The predicted octanol–water partition coefficient (Wildman–Crippen LogP) is 5.17. The van der Waals surface area contributed by atoms with Gasteiger partial charge in [-0.2, -0.15) is 13.2 Å². The number of rotatable bonds is 4. The number of nitrogens with zero attached hydrogens (tertiary/aromatic N) is 1. The zero-order chi connectivity index (χ0) is 22.9. The average molecular weight is 440 g/mol. The molecule has 0 saturated carbocycles. The van der Waals surface area contributed by atoms with E-state index in [4.69, 9.17) is 4.74 Å². The first-order chi connectivity index (χ1) is 15.3. The predicted molar refractivity (Wildman–Crippen MR) is 114 cm³/mol. The number of fused-ring (bicyclic) bond motifs is 1. The van der Waals surface area contributed by atoms with E-state index >= 15 is 0 Å². The summed E-state index contributed by atoms with van der Waals surface area (Å²) >= 11 is 0. The van der Waals surface area contributed by atoms with Crippen LogP contribution in [0.5, 0.6) is 5.75 Å². The number of ether oxygens (including phenoxy) is 1. The fourth-order valence-corrected chi connectivity index (χ4v) is 3.60. The van der Waals surface area contributed by atoms with Crippen LogP contribution in [0, 0.1) is 0 Å². The van der Waals surface area contributed by atoms with Crippen LogP contribution in [0.1, 0.15) is 31.8 Å². The van der Waals surface area contributed by atoms with E-state index < -0.39 is 17.6 Å². The van der Waals surface area contributed by atoms with Crippen molar-refractivity contribution < 1.29 is 27.5 Å². The van der Waals surface area contributed by atoms with Crippen LogP contribution in [0.4, 0.5) is 24.5 Å². The maximum atomic E-state index is 13.0. The molecular weight excluding hydrogens is 421 g/mol. The Morgan fingerprint density at radius 3 is 2.41 bits per heavy atom. The largest absolute Gasteiger partial charge is 0.497 e. The topological polar surface area (TPSA) is 58.6 Å². The molecule has 3 aromatic carbocycles. The molecule has 3 aromatic rings. The maximum Gasteiger partial charge on any atom is 0.416 e. The second-order valence-corrected chi connectivity index (χ2v) is 7.31. The highest BCUT2D eigenvalue weighted by atomic mass is 19.4. The third-order valence-corrected chi connectivity index (χ3v) is 5.27. The number of hydrogen-bond acceptors (Lipinski definition) is 3. The molecule has 0 spiro atoms. The van der Waals surface area contributed by atoms with Crippen LogP contribution in [0.25, 0.3) is 0 Å². The standard InChI is InChI=1S/C24H19F3N2O3/c1-32-20-9-6-16(7-10-20)23(31)29-12-11-15-5-8-19(14-21(15)29)28-22(30)17-3-2-4-18(13-17)24(25,26)27/h2-10,13-14H,11-12H2,1H3,(H,28,30). The zero-order valence-electron chi connectivity index (χ0n) is 17.1. The van der Waals surface area contributed by atoms with Crippen molar-refractivity contribution in [1.29, 1.82) is 0 Å². The second-order valence-electron chi connectivity index (χ2n) is 7.31. The molecule has 8 heteroatoms. The minimum atomic E-state index is -4.54. The summed E-state index contributed by atoms with van der Waals surface area (Å²) in [5, 5.41) is 2.62. The molecule has 0 radical (unpaired) electrons. The molecule has 0 bridgehead atoms. The van der Waals surface area contributed by atoms with Gasteiger partial charge in [-0.1, -0.05) is 12.1 Å². The van der Waals surface area contributed by atoms with E-state index in [2.05, 4.69) is 5.32 Å². The third kappa shape index (κ3) is 4.30. The van der Waals surface area contributed by atoms with Crippen LogP contribution in [-0.2, 0) is 12.6 Å². The van der Waals surface area contributed by atoms with Crippen molar-refractivity contribution in [3.63, 3.8) is 0 Å². The first-order valence-electron chi connectivity index (χ1n) is 9.84. The van der Waals surface area contributed by atoms with Crippen molar-refractivity contribution in [3.05, 3.63) is 89.0 Å². The molecule has 0 aliphatic carbocycles. The number of benzene rings is 3. The Balaban J connectivity index is 1.55. The molecule has 2 amide bonds. The van der Waals surface area contributed by atoms with Gasteiger partial charge < -0.3 is 15.0 Å². The molecular formula is C24H19F3N2O3. The summed E-state index contributed by atoms with van der Waals surface area (Å²) in [4.78, 5) is 27.1. The number of anilines is 2. The lowest BCUT2D eigenvalue weighted by molar-refractivity contribution is -0.137. The van der Waals surface area contributed by atoms with Crippen molar-refractivity contribution >= 4 is 23.2 Å². The fraction of sp³-hybridized carbons (Fsp3) is 0.167. The first-order valence-corrected chi connectivity index (χ1v) is 9.84. The SMILES string of the molecule is COc1ccc(C(=O)N2CCc3ccc(NC(=O)c4cccc(C(F)(F)F)c4)cc32)cc1. The smallest absolute Gasteiger partial charge is 0.416 e. The average Bonchev–Trinajstić information content (AvgIpc) is 3.21. The van der Waals surface area contributed by atoms with Crippen molar-refractivity contribution in [3.8, 4) is 5.75 Å². The molecule has 0 atom stereocenters. The quantitative estimate of drug-likeness (QED) is 0.609. The number of nitrogens with one attached hydrogen (secondary N) is 1. The van der Waals surface area contributed by atoms with Crippen LogP contribution < -0.4 is 15.0 Å². The van der Waals surface area contributed by atoms with Gasteiger partial charge in [0.05, 0.1) is 12.7 Å².